The fourth-order valence-electron chi connectivity index (χ4n) is 1.49. The molecule has 0 fully saturated rings. The third-order valence-electron chi connectivity index (χ3n) is 2.51. The van der Waals surface area contributed by atoms with E-state index in [1.54, 1.807) is 6.20 Å². The van der Waals surface area contributed by atoms with Crippen molar-refractivity contribution in [1.29, 1.82) is 0 Å². The summed E-state index contributed by atoms with van der Waals surface area (Å²) in [7, 11) is 1.81. The van der Waals surface area contributed by atoms with Gasteiger partial charge >= 0.3 is 6.18 Å². The largest absolute Gasteiger partial charge is 0.406 e. The van der Waals surface area contributed by atoms with Gasteiger partial charge in [-0.25, -0.2) is 4.98 Å². The van der Waals surface area contributed by atoms with Crippen molar-refractivity contribution in [2.24, 2.45) is 0 Å². The number of hydrogen-bond acceptors (Lipinski definition) is 4. The number of nitrogens with zero attached hydrogens (tertiary/aromatic N) is 2. The number of aromatic nitrogens is 1. The Hall–Kier alpha value is -0.820. The van der Waals surface area contributed by atoms with Gasteiger partial charge in [0.15, 0.2) is 5.13 Å². The zero-order chi connectivity index (χ0) is 13.8. The lowest BCUT2D eigenvalue weighted by molar-refractivity contribution is -0.119. The maximum Gasteiger partial charge on any atom is 0.406 e. The SMILES string of the molecule is CCCN(CC(F)(F)F)c1ncc(C(C)NC)s1. The summed E-state index contributed by atoms with van der Waals surface area (Å²) in [5.41, 5.74) is 0. The third-order valence-corrected chi connectivity index (χ3v) is 3.75. The van der Waals surface area contributed by atoms with Crippen molar-refractivity contribution in [2.45, 2.75) is 32.5 Å². The first kappa shape index (κ1) is 15.2. The van der Waals surface area contributed by atoms with Crippen LogP contribution in [0.25, 0.3) is 0 Å². The van der Waals surface area contributed by atoms with Crippen LogP contribution >= 0.6 is 11.3 Å². The Morgan fingerprint density at radius 3 is 2.67 bits per heavy atom. The van der Waals surface area contributed by atoms with E-state index >= 15 is 0 Å². The maximum absolute atomic E-state index is 12.5. The summed E-state index contributed by atoms with van der Waals surface area (Å²) >= 11 is 1.31. The van der Waals surface area contributed by atoms with E-state index in [2.05, 4.69) is 10.3 Å². The second-order valence-electron chi connectivity index (χ2n) is 4.09. The van der Waals surface area contributed by atoms with Crippen molar-refractivity contribution in [3.05, 3.63) is 11.1 Å². The smallest absolute Gasteiger partial charge is 0.339 e. The van der Waals surface area contributed by atoms with Gasteiger partial charge in [-0.2, -0.15) is 13.2 Å². The van der Waals surface area contributed by atoms with Crippen LogP contribution in [0.1, 0.15) is 31.2 Å². The van der Waals surface area contributed by atoms with Crippen LogP contribution in [0.5, 0.6) is 0 Å². The lowest BCUT2D eigenvalue weighted by Gasteiger charge is -2.22. The van der Waals surface area contributed by atoms with Crippen LogP contribution in [-0.4, -0.2) is 31.3 Å². The van der Waals surface area contributed by atoms with Crippen LogP contribution in [0, 0.1) is 0 Å². The number of thiazole rings is 1. The Balaban J connectivity index is 2.82. The second-order valence-corrected chi connectivity index (χ2v) is 5.13. The topological polar surface area (TPSA) is 28.2 Å². The number of nitrogens with one attached hydrogen (secondary N) is 1. The fourth-order valence-corrected chi connectivity index (χ4v) is 2.50. The van der Waals surface area contributed by atoms with Crippen LogP contribution in [0.3, 0.4) is 0 Å². The van der Waals surface area contributed by atoms with E-state index in [4.69, 9.17) is 0 Å². The van der Waals surface area contributed by atoms with E-state index in [0.29, 0.717) is 18.1 Å². The molecular weight excluding hydrogens is 263 g/mol. The summed E-state index contributed by atoms with van der Waals surface area (Å²) < 4.78 is 37.4. The molecule has 1 aromatic heterocycles. The van der Waals surface area contributed by atoms with Crippen molar-refractivity contribution in [2.75, 3.05) is 25.0 Å². The summed E-state index contributed by atoms with van der Waals surface area (Å²) in [5, 5.41) is 3.48. The molecule has 1 atom stereocenters. The second kappa shape index (κ2) is 6.38. The van der Waals surface area contributed by atoms with Crippen molar-refractivity contribution in [3.63, 3.8) is 0 Å². The van der Waals surface area contributed by atoms with Gasteiger partial charge < -0.3 is 10.2 Å². The Kier molecular flexibility index (Phi) is 5.40. The average molecular weight is 281 g/mol. The van der Waals surface area contributed by atoms with E-state index in [-0.39, 0.29) is 6.04 Å². The molecule has 0 saturated heterocycles. The van der Waals surface area contributed by atoms with Gasteiger partial charge in [0.25, 0.3) is 0 Å². The highest BCUT2D eigenvalue weighted by Gasteiger charge is 2.31. The standard InChI is InChI=1S/C11H18F3N3S/c1-4-5-17(7-11(12,13)14)10-16-6-9(18-10)8(2)15-3/h6,8,15H,4-5,7H2,1-3H3. The van der Waals surface area contributed by atoms with Gasteiger partial charge in [-0.05, 0) is 20.4 Å². The summed E-state index contributed by atoms with van der Waals surface area (Å²) in [6.45, 7) is 3.22. The molecule has 1 rings (SSSR count). The van der Waals surface area contributed by atoms with Crippen molar-refractivity contribution in [3.8, 4) is 0 Å². The first-order chi connectivity index (χ1) is 8.37. The predicted octanol–water partition coefficient (Wildman–Crippen LogP) is 3.20. The van der Waals surface area contributed by atoms with Gasteiger partial charge in [0.05, 0.1) is 0 Å². The van der Waals surface area contributed by atoms with Crippen molar-refractivity contribution < 1.29 is 13.2 Å². The predicted molar refractivity (Wildman–Crippen MR) is 68.1 cm³/mol. The first-order valence-electron chi connectivity index (χ1n) is 5.82. The lowest BCUT2D eigenvalue weighted by Crippen LogP contribution is -2.34. The molecule has 1 N–H and O–H groups in total. The molecule has 0 saturated carbocycles. The zero-order valence-electron chi connectivity index (χ0n) is 10.7. The number of halogens is 3. The van der Waals surface area contributed by atoms with Gasteiger partial charge in [0.2, 0.25) is 0 Å². The lowest BCUT2D eigenvalue weighted by atomic mass is 10.3. The highest BCUT2D eigenvalue weighted by Crippen LogP contribution is 2.29. The normalized spacial score (nSPS) is 13.7. The number of rotatable bonds is 6. The molecule has 0 aliphatic rings. The Labute approximate surface area is 109 Å². The van der Waals surface area contributed by atoms with Gasteiger partial charge in [-0.15, -0.1) is 11.3 Å². The van der Waals surface area contributed by atoms with Crippen molar-refractivity contribution >= 4 is 16.5 Å². The van der Waals surface area contributed by atoms with Gasteiger partial charge in [-0.3, -0.25) is 0 Å². The molecule has 0 bridgehead atoms. The molecule has 1 aromatic rings. The first-order valence-corrected chi connectivity index (χ1v) is 6.63. The Morgan fingerprint density at radius 1 is 1.50 bits per heavy atom. The molecule has 0 spiro atoms. The monoisotopic (exact) mass is 281 g/mol. The number of hydrogen-bond donors (Lipinski definition) is 1. The molecular formula is C11H18F3N3S. The van der Waals surface area contributed by atoms with Gasteiger partial charge in [-0.1, -0.05) is 6.92 Å². The third kappa shape index (κ3) is 4.45. The molecule has 3 nitrogen and oxygen atoms in total. The fraction of sp³-hybridized carbons (Fsp3) is 0.727. The molecule has 7 heteroatoms. The molecule has 18 heavy (non-hydrogen) atoms. The van der Waals surface area contributed by atoms with Crippen LogP contribution in [0.4, 0.5) is 18.3 Å². The van der Waals surface area contributed by atoms with Crippen LogP contribution in [-0.2, 0) is 0 Å². The average Bonchev–Trinajstić information content (AvgIpc) is 2.75. The van der Waals surface area contributed by atoms with Crippen molar-refractivity contribution in [1.82, 2.24) is 10.3 Å². The van der Waals surface area contributed by atoms with Crippen LogP contribution in [0.15, 0.2) is 6.20 Å². The zero-order valence-corrected chi connectivity index (χ0v) is 11.5. The number of anilines is 1. The van der Waals surface area contributed by atoms with E-state index in [1.807, 2.05) is 20.9 Å². The van der Waals surface area contributed by atoms with E-state index in [1.165, 1.54) is 16.2 Å². The van der Waals surface area contributed by atoms with E-state index < -0.39 is 12.7 Å². The summed E-state index contributed by atoms with van der Waals surface area (Å²) in [5.74, 6) is 0. The molecule has 0 aliphatic carbocycles. The summed E-state index contributed by atoms with van der Waals surface area (Å²) in [4.78, 5) is 6.32. The summed E-state index contributed by atoms with van der Waals surface area (Å²) in [6.07, 6.45) is -1.90. The minimum absolute atomic E-state index is 0.102. The molecule has 104 valence electrons. The highest BCUT2D eigenvalue weighted by molar-refractivity contribution is 7.15. The molecule has 0 aliphatic heterocycles. The van der Waals surface area contributed by atoms with Crippen LogP contribution < -0.4 is 10.2 Å². The maximum atomic E-state index is 12.5. The molecule has 1 unspecified atom stereocenters. The quantitative estimate of drug-likeness (QED) is 0.868. The minimum Gasteiger partial charge on any atom is -0.339 e. The highest BCUT2D eigenvalue weighted by atomic mass is 32.1. The number of alkyl halides is 3. The van der Waals surface area contributed by atoms with E-state index in [0.717, 1.165) is 4.88 Å². The van der Waals surface area contributed by atoms with Crippen LogP contribution in [0.2, 0.25) is 0 Å². The molecule has 0 radical (unpaired) electrons. The molecule has 0 aromatic carbocycles. The van der Waals surface area contributed by atoms with Gasteiger partial charge in [0, 0.05) is 23.7 Å². The van der Waals surface area contributed by atoms with E-state index in [9.17, 15) is 13.2 Å². The summed E-state index contributed by atoms with van der Waals surface area (Å²) in [6, 6.07) is 0.102. The molecule has 1 heterocycles. The molecule has 0 amide bonds. The minimum atomic E-state index is -4.20. The Bertz CT molecular complexity index is 365. The Morgan fingerprint density at radius 2 is 2.17 bits per heavy atom. The van der Waals surface area contributed by atoms with Gasteiger partial charge in [0.1, 0.15) is 6.54 Å².